The maximum absolute atomic E-state index is 12.8. The zero-order valence-corrected chi connectivity index (χ0v) is 17.5. The molecule has 0 radical (unpaired) electrons. The van der Waals surface area contributed by atoms with Gasteiger partial charge in [0.2, 0.25) is 5.91 Å². The van der Waals surface area contributed by atoms with Crippen molar-refractivity contribution < 1.29 is 9.59 Å². The predicted molar refractivity (Wildman–Crippen MR) is 122 cm³/mol. The van der Waals surface area contributed by atoms with Gasteiger partial charge in [0.05, 0.1) is 17.8 Å². The van der Waals surface area contributed by atoms with Crippen molar-refractivity contribution in [2.24, 2.45) is 5.92 Å². The second kappa shape index (κ2) is 9.43. The molecular formula is C25H26N4O2. The number of hydrogen-bond donors (Lipinski definition) is 2. The molecule has 1 aliphatic rings. The van der Waals surface area contributed by atoms with Crippen molar-refractivity contribution in [2.75, 3.05) is 23.7 Å². The zero-order valence-electron chi connectivity index (χ0n) is 17.5. The highest BCUT2D eigenvalue weighted by Gasteiger charge is 2.29. The molecule has 31 heavy (non-hydrogen) atoms. The van der Waals surface area contributed by atoms with Crippen molar-refractivity contribution >= 4 is 29.0 Å². The molecule has 0 bridgehead atoms. The Balaban J connectivity index is 1.34. The van der Waals surface area contributed by atoms with E-state index in [0.29, 0.717) is 30.2 Å². The van der Waals surface area contributed by atoms with Crippen molar-refractivity contribution in [2.45, 2.75) is 19.8 Å². The van der Waals surface area contributed by atoms with Crippen LogP contribution in [-0.2, 0) is 4.79 Å². The fourth-order valence-electron chi connectivity index (χ4n) is 3.71. The normalized spacial score (nSPS) is 15.9. The summed E-state index contributed by atoms with van der Waals surface area (Å²) in [6, 6.07) is 21.0. The van der Waals surface area contributed by atoms with Gasteiger partial charge in [-0.05, 0) is 56.2 Å². The highest BCUT2D eigenvalue weighted by molar-refractivity contribution is 5.96. The first kappa shape index (κ1) is 20.6. The van der Waals surface area contributed by atoms with Crippen LogP contribution in [0.5, 0.6) is 0 Å². The molecule has 1 aliphatic heterocycles. The minimum atomic E-state index is -0.231. The molecule has 2 amide bonds. The standard InChI is InChI=1S/C25H26N4O2/c1-18-9-11-19(12-10-18)25(31)29-15-5-6-20(17-29)24(30)28-22-13-14-23(26-16-22)27-21-7-3-2-4-8-21/h2-4,7-14,16,20H,5-6,15,17H2,1H3,(H,26,27)(H,28,30). The van der Waals surface area contributed by atoms with Gasteiger partial charge in [-0.15, -0.1) is 0 Å². The van der Waals surface area contributed by atoms with E-state index < -0.39 is 0 Å². The number of carbonyl (C=O) groups excluding carboxylic acids is 2. The Morgan fingerprint density at radius 2 is 1.74 bits per heavy atom. The molecule has 6 heteroatoms. The lowest BCUT2D eigenvalue weighted by Gasteiger charge is -2.32. The molecule has 158 valence electrons. The van der Waals surface area contributed by atoms with Crippen LogP contribution in [0.15, 0.2) is 72.9 Å². The lowest BCUT2D eigenvalue weighted by molar-refractivity contribution is -0.121. The van der Waals surface area contributed by atoms with Crippen LogP contribution < -0.4 is 10.6 Å². The average molecular weight is 415 g/mol. The van der Waals surface area contributed by atoms with Crippen molar-refractivity contribution in [3.63, 3.8) is 0 Å². The van der Waals surface area contributed by atoms with Gasteiger partial charge in [-0.25, -0.2) is 4.98 Å². The molecule has 2 N–H and O–H groups in total. The van der Waals surface area contributed by atoms with Gasteiger partial charge in [-0.2, -0.15) is 0 Å². The number of carbonyl (C=O) groups is 2. The van der Waals surface area contributed by atoms with Gasteiger partial charge < -0.3 is 15.5 Å². The van der Waals surface area contributed by atoms with Gasteiger partial charge >= 0.3 is 0 Å². The molecule has 3 aromatic rings. The molecule has 6 nitrogen and oxygen atoms in total. The first-order valence-corrected chi connectivity index (χ1v) is 10.5. The summed E-state index contributed by atoms with van der Waals surface area (Å²) in [7, 11) is 0. The van der Waals surface area contributed by atoms with Gasteiger partial charge in [0.15, 0.2) is 0 Å². The van der Waals surface area contributed by atoms with E-state index in [-0.39, 0.29) is 17.7 Å². The molecule has 0 saturated carbocycles. The lowest BCUT2D eigenvalue weighted by atomic mass is 9.96. The molecule has 2 aromatic carbocycles. The molecule has 4 rings (SSSR count). The second-order valence-electron chi connectivity index (χ2n) is 7.87. The molecule has 0 aliphatic carbocycles. The number of nitrogens with zero attached hydrogens (tertiary/aromatic N) is 2. The van der Waals surface area contributed by atoms with Crippen molar-refractivity contribution in [1.29, 1.82) is 0 Å². The Morgan fingerprint density at radius 1 is 0.968 bits per heavy atom. The van der Waals surface area contributed by atoms with E-state index in [1.165, 1.54) is 0 Å². The number of para-hydroxylation sites is 1. The molecule has 2 heterocycles. The number of hydrogen-bond acceptors (Lipinski definition) is 4. The first-order valence-electron chi connectivity index (χ1n) is 10.5. The van der Waals surface area contributed by atoms with E-state index in [2.05, 4.69) is 15.6 Å². The number of likely N-dealkylation sites (tertiary alicyclic amines) is 1. The van der Waals surface area contributed by atoms with Crippen LogP contribution in [0.1, 0.15) is 28.8 Å². The maximum Gasteiger partial charge on any atom is 0.253 e. The fraction of sp³-hybridized carbons (Fsp3) is 0.240. The summed E-state index contributed by atoms with van der Waals surface area (Å²) in [6.45, 7) is 3.10. The summed E-state index contributed by atoms with van der Waals surface area (Å²) in [5.74, 6) is 0.379. The Labute approximate surface area is 182 Å². The van der Waals surface area contributed by atoms with Crippen LogP contribution in [-0.4, -0.2) is 34.8 Å². The first-order chi connectivity index (χ1) is 15.1. The van der Waals surface area contributed by atoms with E-state index in [0.717, 1.165) is 24.1 Å². The van der Waals surface area contributed by atoms with Gasteiger partial charge in [-0.3, -0.25) is 9.59 Å². The molecule has 0 spiro atoms. The van der Waals surface area contributed by atoms with E-state index in [1.54, 1.807) is 11.1 Å². The number of rotatable bonds is 5. The van der Waals surface area contributed by atoms with E-state index >= 15 is 0 Å². The Kier molecular flexibility index (Phi) is 6.26. The van der Waals surface area contributed by atoms with E-state index in [4.69, 9.17) is 0 Å². The highest BCUT2D eigenvalue weighted by Crippen LogP contribution is 2.21. The van der Waals surface area contributed by atoms with Gasteiger partial charge in [0, 0.05) is 24.3 Å². The summed E-state index contributed by atoms with van der Waals surface area (Å²) in [5.41, 5.74) is 3.38. The largest absolute Gasteiger partial charge is 0.340 e. The number of anilines is 3. The van der Waals surface area contributed by atoms with E-state index in [9.17, 15) is 9.59 Å². The fourth-order valence-corrected chi connectivity index (χ4v) is 3.71. The SMILES string of the molecule is Cc1ccc(C(=O)N2CCCC(C(=O)Nc3ccc(Nc4ccccc4)nc3)C2)cc1. The number of aryl methyl sites for hydroxylation is 1. The van der Waals surface area contributed by atoms with Gasteiger partial charge in [0.25, 0.3) is 5.91 Å². The number of piperidine rings is 1. The Bertz CT molecular complexity index is 1030. The summed E-state index contributed by atoms with van der Waals surface area (Å²) in [5, 5.41) is 6.16. The predicted octanol–water partition coefficient (Wildman–Crippen LogP) is 4.62. The zero-order chi connectivity index (χ0) is 21.6. The third kappa shape index (κ3) is 5.28. The molecule has 1 unspecified atom stereocenters. The molecular weight excluding hydrogens is 388 g/mol. The summed E-state index contributed by atoms with van der Waals surface area (Å²) >= 11 is 0. The quantitative estimate of drug-likeness (QED) is 0.639. The summed E-state index contributed by atoms with van der Waals surface area (Å²) in [6.07, 6.45) is 3.22. The Hall–Kier alpha value is -3.67. The molecule has 1 atom stereocenters. The number of benzene rings is 2. The van der Waals surface area contributed by atoms with Crippen LogP contribution in [0, 0.1) is 12.8 Å². The van der Waals surface area contributed by atoms with Crippen LogP contribution in [0.25, 0.3) is 0 Å². The van der Waals surface area contributed by atoms with Crippen LogP contribution >= 0.6 is 0 Å². The molecule has 1 aromatic heterocycles. The van der Waals surface area contributed by atoms with Gasteiger partial charge in [0.1, 0.15) is 5.82 Å². The minimum absolute atomic E-state index is 0.0181. The van der Waals surface area contributed by atoms with Gasteiger partial charge in [-0.1, -0.05) is 35.9 Å². The lowest BCUT2D eigenvalue weighted by Crippen LogP contribution is -2.43. The Morgan fingerprint density at radius 3 is 2.45 bits per heavy atom. The molecule has 1 fully saturated rings. The smallest absolute Gasteiger partial charge is 0.253 e. The second-order valence-corrected chi connectivity index (χ2v) is 7.87. The minimum Gasteiger partial charge on any atom is -0.340 e. The van der Waals surface area contributed by atoms with Crippen LogP contribution in [0.4, 0.5) is 17.2 Å². The number of amides is 2. The highest BCUT2D eigenvalue weighted by atomic mass is 16.2. The number of aromatic nitrogens is 1. The third-order valence-corrected chi connectivity index (χ3v) is 5.46. The van der Waals surface area contributed by atoms with Crippen LogP contribution in [0.3, 0.4) is 0 Å². The van der Waals surface area contributed by atoms with E-state index in [1.807, 2.05) is 73.7 Å². The number of nitrogens with one attached hydrogen (secondary N) is 2. The van der Waals surface area contributed by atoms with Crippen molar-refractivity contribution in [1.82, 2.24) is 9.88 Å². The van der Waals surface area contributed by atoms with Crippen molar-refractivity contribution in [3.05, 3.63) is 84.1 Å². The van der Waals surface area contributed by atoms with Crippen molar-refractivity contribution in [3.8, 4) is 0 Å². The molecule has 1 saturated heterocycles. The number of pyridine rings is 1. The average Bonchev–Trinajstić information content (AvgIpc) is 2.81. The summed E-state index contributed by atoms with van der Waals surface area (Å²) in [4.78, 5) is 31.8. The third-order valence-electron chi connectivity index (χ3n) is 5.46. The van der Waals surface area contributed by atoms with Crippen LogP contribution in [0.2, 0.25) is 0 Å². The summed E-state index contributed by atoms with van der Waals surface area (Å²) < 4.78 is 0. The topological polar surface area (TPSA) is 74.3 Å². The monoisotopic (exact) mass is 414 g/mol. The maximum atomic E-state index is 12.8.